The molecule has 0 bridgehead atoms. The van der Waals surface area contributed by atoms with Crippen molar-refractivity contribution in [3.63, 3.8) is 0 Å². The molecule has 0 aliphatic carbocycles. The molecule has 0 fully saturated rings. The number of carbonyl (C=O) groups excluding carboxylic acids is 1. The molecule has 13 heteroatoms. The number of esters is 1. The first-order valence-corrected chi connectivity index (χ1v) is 9.04. The summed E-state index contributed by atoms with van der Waals surface area (Å²) in [5.74, 6) is -1.14. The highest BCUT2D eigenvalue weighted by atomic mass is 35.5. The van der Waals surface area contributed by atoms with E-state index in [2.05, 4.69) is 14.8 Å². The molecular weight excluding hydrogens is 456 g/mol. The summed E-state index contributed by atoms with van der Waals surface area (Å²) in [5.41, 5.74) is -3.87. The number of hydrogen-bond donors (Lipinski definition) is 0. The zero-order valence-corrected chi connectivity index (χ0v) is 16.9. The standard InChI is InChI=1S/C18H16ClF6N3O3/c1-10(4-6-30-2)31-14(29)3-5-28-9-26-16(27-28)11-7-12(17(20,21)22)15(19)13(8-11)18(23,24)25/h3,5,7-10H,4,6H2,1-2H3/p+1/b5-3-. The van der Waals surface area contributed by atoms with Crippen molar-refractivity contribution in [3.8, 4) is 11.4 Å². The van der Waals surface area contributed by atoms with Crippen LogP contribution in [0.2, 0.25) is 5.02 Å². The van der Waals surface area contributed by atoms with Crippen molar-refractivity contribution in [3.05, 3.63) is 40.7 Å². The fourth-order valence-electron chi connectivity index (χ4n) is 2.39. The Hall–Kier alpha value is -2.60. The summed E-state index contributed by atoms with van der Waals surface area (Å²) < 4.78 is 88.7. The summed E-state index contributed by atoms with van der Waals surface area (Å²) in [5, 5.41) is 2.31. The maximum absolute atomic E-state index is 13.1. The molecule has 1 heterocycles. The van der Waals surface area contributed by atoms with Crippen molar-refractivity contribution < 1.29 is 40.6 Å². The Labute approximate surface area is 177 Å². The third-order valence-electron chi connectivity index (χ3n) is 3.89. The Balaban J connectivity index is 2.29. The molecule has 2 rings (SSSR count). The largest absolute Gasteiger partial charge is 0.459 e. The number of nitrogens with zero attached hydrogens (tertiary/aromatic N) is 3. The van der Waals surface area contributed by atoms with Crippen LogP contribution in [-0.4, -0.2) is 45.3 Å². The van der Waals surface area contributed by atoms with Crippen molar-refractivity contribution in [2.45, 2.75) is 31.8 Å². The Kier molecular flexibility index (Phi) is 7.71. The minimum absolute atomic E-state index is 0.400. The lowest BCUT2D eigenvalue weighted by atomic mass is 10.0. The summed E-state index contributed by atoms with van der Waals surface area (Å²) in [4.78, 5) is 15.4. The summed E-state index contributed by atoms with van der Waals surface area (Å²) in [6, 6.07) is 0.853. The zero-order valence-electron chi connectivity index (χ0n) is 16.1. The van der Waals surface area contributed by atoms with Crippen molar-refractivity contribution >= 4 is 23.8 Å². The molecule has 1 aromatic heterocycles. The number of alkyl halides is 6. The van der Waals surface area contributed by atoms with Crippen LogP contribution in [0.4, 0.5) is 26.3 Å². The molecule has 0 saturated carbocycles. The lowest BCUT2D eigenvalue weighted by Gasteiger charge is -2.16. The quantitative estimate of drug-likeness (QED) is 0.256. The third kappa shape index (κ3) is 6.69. The summed E-state index contributed by atoms with van der Waals surface area (Å²) >= 11 is 5.35. The molecule has 31 heavy (non-hydrogen) atoms. The van der Waals surface area contributed by atoms with Gasteiger partial charge in [-0.15, -0.1) is 5.10 Å². The Morgan fingerprint density at radius 2 is 1.81 bits per heavy atom. The highest BCUT2D eigenvalue weighted by molar-refractivity contribution is 6.32. The van der Waals surface area contributed by atoms with Gasteiger partial charge in [-0.2, -0.15) is 26.3 Å². The predicted octanol–water partition coefficient (Wildman–Crippen LogP) is 4.59. The van der Waals surface area contributed by atoms with Crippen LogP contribution in [0, 0.1) is 0 Å². The van der Waals surface area contributed by atoms with Gasteiger partial charge in [-0.05, 0) is 19.1 Å². The van der Waals surface area contributed by atoms with E-state index in [4.69, 9.17) is 16.3 Å². The van der Waals surface area contributed by atoms with Crippen LogP contribution >= 0.6 is 11.6 Å². The average Bonchev–Trinajstić information content (AvgIpc) is 3.12. The molecule has 1 N–H and O–H groups in total. The number of aliphatic hydroxyl groups is 2. The number of benzene rings is 1. The summed E-state index contributed by atoms with van der Waals surface area (Å²) in [6.45, 7) is 2.17. The fraction of sp³-hybridized carbons (Fsp3) is 0.389. The topological polar surface area (TPSA) is 69.8 Å². The molecule has 0 aliphatic rings. The maximum atomic E-state index is 13.1. The van der Waals surface area contributed by atoms with E-state index < -0.39 is 52.0 Å². The van der Waals surface area contributed by atoms with Gasteiger partial charge in [0.15, 0.2) is 5.82 Å². The van der Waals surface area contributed by atoms with Gasteiger partial charge in [0, 0.05) is 17.8 Å². The van der Waals surface area contributed by atoms with E-state index in [1.165, 1.54) is 0 Å². The van der Waals surface area contributed by atoms with E-state index in [1.54, 1.807) is 14.0 Å². The molecule has 2 aromatic rings. The van der Waals surface area contributed by atoms with Gasteiger partial charge in [-0.25, -0.2) is 14.5 Å². The molecule has 1 atom stereocenters. The second-order valence-electron chi connectivity index (χ2n) is 6.32. The van der Waals surface area contributed by atoms with E-state index in [9.17, 15) is 31.1 Å². The van der Waals surface area contributed by atoms with Crippen LogP contribution in [0.1, 0.15) is 24.5 Å². The molecule has 1 aromatic carbocycles. The highest BCUT2D eigenvalue weighted by Crippen LogP contribution is 2.44. The van der Waals surface area contributed by atoms with Gasteiger partial charge in [0.2, 0.25) is 0 Å². The van der Waals surface area contributed by atoms with E-state index >= 15 is 0 Å². The van der Waals surface area contributed by atoms with Crippen LogP contribution in [0.3, 0.4) is 0 Å². The molecule has 0 amide bonds. The van der Waals surface area contributed by atoms with Gasteiger partial charge in [0.1, 0.15) is 26.1 Å². The van der Waals surface area contributed by atoms with E-state index in [0.29, 0.717) is 25.2 Å². The number of halogens is 7. The van der Waals surface area contributed by atoms with Crippen molar-refractivity contribution in [2.24, 2.45) is 0 Å². The van der Waals surface area contributed by atoms with Crippen molar-refractivity contribution in [2.75, 3.05) is 13.7 Å². The second kappa shape index (κ2) is 9.69. The SMILES string of the molecule is C[OH+]CCC(C)OC(=O)/C=C\n1cnc(-c2cc(C(F)(F)F)c(Cl)c(C(F)(F)F)c2)n1. The van der Waals surface area contributed by atoms with Gasteiger partial charge >= 0.3 is 18.3 Å². The lowest BCUT2D eigenvalue weighted by molar-refractivity contribution is -0.144. The Bertz CT molecular complexity index is 921. The average molecular weight is 473 g/mol. The number of carbonyl (C=O) groups is 1. The van der Waals surface area contributed by atoms with E-state index in [0.717, 1.165) is 23.3 Å². The number of hydrogen-bond acceptors (Lipinski definition) is 4. The number of aromatic nitrogens is 3. The smallest absolute Gasteiger partial charge is 0.417 e. The first-order chi connectivity index (χ1) is 14.3. The van der Waals surface area contributed by atoms with E-state index in [1.807, 2.05) is 0 Å². The monoisotopic (exact) mass is 472 g/mol. The lowest BCUT2D eigenvalue weighted by Crippen LogP contribution is -2.15. The van der Waals surface area contributed by atoms with Crippen molar-refractivity contribution in [1.29, 1.82) is 0 Å². The minimum atomic E-state index is -5.12. The molecule has 0 aliphatic heterocycles. The first kappa shape index (κ1) is 24.7. The fourth-order valence-corrected chi connectivity index (χ4v) is 2.71. The van der Waals surface area contributed by atoms with Crippen LogP contribution in [-0.2, 0) is 21.9 Å². The first-order valence-electron chi connectivity index (χ1n) is 8.66. The van der Waals surface area contributed by atoms with Gasteiger partial charge < -0.3 is 9.47 Å². The predicted molar refractivity (Wildman–Crippen MR) is 99.0 cm³/mol. The highest BCUT2D eigenvalue weighted by Gasteiger charge is 2.41. The number of rotatable bonds is 7. The molecule has 6 nitrogen and oxygen atoms in total. The Morgan fingerprint density at radius 3 is 2.32 bits per heavy atom. The summed E-state index contributed by atoms with van der Waals surface area (Å²) in [6.07, 6.45) is -7.04. The van der Waals surface area contributed by atoms with Crippen LogP contribution in [0.25, 0.3) is 17.6 Å². The van der Waals surface area contributed by atoms with Crippen LogP contribution in [0.15, 0.2) is 24.5 Å². The molecule has 170 valence electrons. The van der Waals surface area contributed by atoms with E-state index in [-0.39, 0.29) is 0 Å². The summed E-state index contributed by atoms with van der Waals surface area (Å²) in [7, 11) is 1.62. The molecular formula is C18H17ClF6N3O3+. The zero-order chi connectivity index (χ0) is 23.4. The third-order valence-corrected chi connectivity index (χ3v) is 4.30. The number of ether oxygens (including phenoxy) is 2. The second-order valence-corrected chi connectivity index (χ2v) is 6.70. The van der Waals surface area contributed by atoms with Crippen molar-refractivity contribution in [1.82, 2.24) is 14.8 Å². The Morgan fingerprint density at radius 1 is 1.23 bits per heavy atom. The van der Waals surface area contributed by atoms with Gasteiger partial charge in [-0.3, -0.25) is 0 Å². The minimum Gasteiger partial charge on any atom is -0.459 e. The van der Waals surface area contributed by atoms with Crippen LogP contribution < -0.4 is 0 Å². The maximum Gasteiger partial charge on any atom is 0.417 e. The van der Waals surface area contributed by atoms with Gasteiger partial charge in [0.25, 0.3) is 0 Å². The molecule has 0 saturated heterocycles. The normalized spacial score (nSPS) is 13.6. The van der Waals surface area contributed by atoms with Gasteiger partial charge in [-0.1, -0.05) is 11.6 Å². The molecule has 0 radical (unpaired) electrons. The molecule has 1 unspecified atom stereocenters. The molecule has 0 spiro atoms. The van der Waals surface area contributed by atoms with Gasteiger partial charge in [0.05, 0.1) is 22.6 Å². The van der Waals surface area contributed by atoms with Crippen LogP contribution in [0.5, 0.6) is 0 Å².